The Bertz CT molecular complexity index is 674. The molecule has 0 radical (unpaired) electrons. The fourth-order valence-electron chi connectivity index (χ4n) is 2.23. The fourth-order valence-corrected chi connectivity index (χ4v) is 2.23. The smallest absolute Gasteiger partial charge is 0.407 e. The first kappa shape index (κ1) is 17.8. The molecule has 1 amide bonds. The number of ether oxygens (including phenoxy) is 1. The van der Waals surface area contributed by atoms with Gasteiger partial charge in [0.2, 0.25) is 0 Å². The van der Waals surface area contributed by atoms with Gasteiger partial charge in [-0.05, 0) is 35.7 Å². The number of alkyl carbamates (subject to hydrolysis) is 1. The molecule has 0 bridgehead atoms. The molecule has 0 heterocycles. The van der Waals surface area contributed by atoms with Crippen molar-refractivity contribution in [3.05, 3.63) is 65.2 Å². The number of nitrogens with one attached hydrogen (secondary N) is 1. The Morgan fingerprint density at radius 3 is 2.58 bits per heavy atom. The summed E-state index contributed by atoms with van der Waals surface area (Å²) >= 11 is 0. The lowest BCUT2D eigenvalue weighted by Crippen LogP contribution is -2.36. The number of aryl methyl sites for hydroxylation is 1. The first-order valence-electron chi connectivity index (χ1n) is 7.57. The van der Waals surface area contributed by atoms with Gasteiger partial charge in [0.1, 0.15) is 24.6 Å². The third kappa shape index (κ3) is 4.97. The van der Waals surface area contributed by atoms with Gasteiger partial charge in [-0.25, -0.2) is 4.79 Å². The van der Waals surface area contributed by atoms with Gasteiger partial charge in [-0.3, -0.25) is 0 Å². The summed E-state index contributed by atoms with van der Waals surface area (Å²) < 4.78 is 5.02. The quantitative estimate of drug-likeness (QED) is 0.649. The van der Waals surface area contributed by atoms with Crippen molar-refractivity contribution >= 4 is 6.09 Å². The number of aliphatic hydroxyl groups is 2. The molecule has 6 heteroatoms. The topological polar surface area (TPSA) is 99.0 Å². The number of phenols is 1. The van der Waals surface area contributed by atoms with Crippen molar-refractivity contribution in [2.75, 3.05) is 6.54 Å². The van der Waals surface area contributed by atoms with Crippen molar-refractivity contribution in [2.24, 2.45) is 0 Å². The third-order valence-corrected chi connectivity index (χ3v) is 3.61. The van der Waals surface area contributed by atoms with Gasteiger partial charge in [0.05, 0.1) is 0 Å². The van der Waals surface area contributed by atoms with Gasteiger partial charge >= 0.3 is 6.09 Å². The molecule has 0 aliphatic heterocycles. The van der Waals surface area contributed by atoms with Crippen LogP contribution in [-0.4, -0.2) is 34.1 Å². The van der Waals surface area contributed by atoms with Crippen LogP contribution in [0.1, 0.15) is 22.8 Å². The van der Waals surface area contributed by atoms with Crippen LogP contribution in [-0.2, 0) is 11.3 Å². The molecule has 0 aromatic heterocycles. The highest BCUT2D eigenvalue weighted by atomic mass is 16.5. The summed E-state index contributed by atoms with van der Waals surface area (Å²) in [6.07, 6.45) is -3.14. The molecule has 2 unspecified atom stereocenters. The number of aliphatic hydroxyl groups excluding tert-OH is 2. The molecule has 2 aromatic rings. The average molecular weight is 331 g/mol. The van der Waals surface area contributed by atoms with Gasteiger partial charge in [0.25, 0.3) is 0 Å². The minimum absolute atomic E-state index is 0.00270. The Morgan fingerprint density at radius 1 is 1.17 bits per heavy atom. The molecule has 6 nitrogen and oxygen atoms in total. The first-order valence-corrected chi connectivity index (χ1v) is 7.57. The number of aromatic hydroxyl groups is 1. The van der Waals surface area contributed by atoms with Crippen molar-refractivity contribution in [3.8, 4) is 5.75 Å². The van der Waals surface area contributed by atoms with Crippen LogP contribution in [0.5, 0.6) is 5.75 Å². The normalized spacial score (nSPS) is 13.1. The molecule has 128 valence electrons. The van der Waals surface area contributed by atoms with E-state index in [9.17, 15) is 20.1 Å². The van der Waals surface area contributed by atoms with E-state index < -0.39 is 18.3 Å². The summed E-state index contributed by atoms with van der Waals surface area (Å²) in [4.78, 5) is 11.6. The molecule has 0 saturated carbocycles. The zero-order valence-corrected chi connectivity index (χ0v) is 13.3. The maximum Gasteiger partial charge on any atom is 0.407 e. The minimum atomic E-state index is -1.23. The highest BCUT2D eigenvalue weighted by molar-refractivity contribution is 5.67. The van der Waals surface area contributed by atoms with Gasteiger partial charge in [0, 0.05) is 6.54 Å². The summed E-state index contributed by atoms with van der Waals surface area (Å²) in [5, 5.41) is 32.1. The molecule has 2 rings (SSSR count). The lowest BCUT2D eigenvalue weighted by Gasteiger charge is -2.20. The van der Waals surface area contributed by atoms with E-state index in [2.05, 4.69) is 5.32 Å². The molecule has 0 fully saturated rings. The van der Waals surface area contributed by atoms with Gasteiger partial charge in [-0.15, -0.1) is 0 Å². The largest absolute Gasteiger partial charge is 0.508 e. The number of carbonyl (C=O) groups is 1. The van der Waals surface area contributed by atoms with Crippen LogP contribution in [0.4, 0.5) is 4.79 Å². The van der Waals surface area contributed by atoms with E-state index in [1.54, 1.807) is 13.0 Å². The summed E-state index contributed by atoms with van der Waals surface area (Å²) in [6, 6.07) is 13.7. The van der Waals surface area contributed by atoms with Crippen molar-refractivity contribution < 1.29 is 24.9 Å². The highest BCUT2D eigenvalue weighted by Crippen LogP contribution is 2.24. The number of phenolic OH excluding ortho intramolecular Hbond substituents is 1. The van der Waals surface area contributed by atoms with Crippen LogP contribution in [0.25, 0.3) is 0 Å². The first-order chi connectivity index (χ1) is 11.5. The predicted molar refractivity (Wildman–Crippen MR) is 88.4 cm³/mol. The van der Waals surface area contributed by atoms with E-state index in [0.717, 1.165) is 11.1 Å². The molecular weight excluding hydrogens is 310 g/mol. The van der Waals surface area contributed by atoms with Crippen molar-refractivity contribution in [1.82, 2.24) is 5.32 Å². The number of hydrogen-bond donors (Lipinski definition) is 4. The molecule has 2 aromatic carbocycles. The van der Waals surface area contributed by atoms with Crippen molar-refractivity contribution in [1.29, 1.82) is 0 Å². The number of amides is 1. The van der Waals surface area contributed by atoms with Crippen LogP contribution in [0, 0.1) is 6.92 Å². The Hall–Kier alpha value is -2.57. The van der Waals surface area contributed by atoms with E-state index in [-0.39, 0.29) is 18.9 Å². The zero-order chi connectivity index (χ0) is 17.5. The monoisotopic (exact) mass is 331 g/mol. The Morgan fingerprint density at radius 2 is 1.88 bits per heavy atom. The summed E-state index contributed by atoms with van der Waals surface area (Å²) in [7, 11) is 0. The van der Waals surface area contributed by atoms with Gasteiger partial charge < -0.3 is 25.4 Å². The lowest BCUT2D eigenvalue weighted by atomic mass is 9.99. The molecule has 0 spiro atoms. The predicted octanol–water partition coefficient (Wildman–Crippen LogP) is 2.02. The molecule has 24 heavy (non-hydrogen) atoms. The second-order valence-corrected chi connectivity index (χ2v) is 5.50. The van der Waals surface area contributed by atoms with Gasteiger partial charge in [-0.1, -0.05) is 36.4 Å². The van der Waals surface area contributed by atoms with Gasteiger partial charge in [-0.2, -0.15) is 0 Å². The fraction of sp³-hybridized carbons (Fsp3) is 0.278. The lowest BCUT2D eigenvalue weighted by molar-refractivity contribution is 0.0179. The molecule has 4 N–H and O–H groups in total. The van der Waals surface area contributed by atoms with E-state index in [1.807, 2.05) is 30.3 Å². The number of rotatable bonds is 6. The van der Waals surface area contributed by atoms with Crippen LogP contribution in [0.2, 0.25) is 0 Å². The van der Waals surface area contributed by atoms with Crippen LogP contribution < -0.4 is 5.32 Å². The van der Waals surface area contributed by atoms with Crippen molar-refractivity contribution in [2.45, 2.75) is 25.7 Å². The highest BCUT2D eigenvalue weighted by Gasteiger charge is 2.21. The zero-order valence-electron chi connectivity index (χ0n) is 13.3. The second kappa shape index (κ2) is 8.33. The molecule has 0 aliphatic rings. The summed E-state index contributed by atoms with van der Waals surface area (Å²) in [5.41, 5.74) is 1.98. The van der Waals surface area contributed by atoms with E-state index in [1.165, 1.54) is 12.1 Å². The Kier molecular flexibility index (Phi) is 6.17. The maximum atomic E-state index is 11.6. The van der Waals surface area contributed by atoms with Gasteiger partial charge in [0.15, 0.2) is 0 Å². The standard InChI is InChI=1S/C18H21NO5/c1-12-7-8-14(20)9-15(12)17(22)16(21)10-19-18(23)24-11-13-5-3-2-4-6-13/h2-9,16-17,20-22H,10-11H2,1H3,(H,19,23). The third-order valence-electron chi connectivity index (χ3n) is 3.61. The molecule has 0 saturated heterocycles. The van der Waals surface area contributed by atoms with Crippen LogP contribution in [0.3, 0.4) is 0 Å². The minimum Gasteiger partial charge on any atom is -0.508 e. The maximum absolute atomic E-state index is 11.6. The molecule has 2 atom stereocenters. The van der Waals surface area contributed by atoms with Crippen molar-refractivity contribution in [3.63, 3.8) is 0 Å². The number of hydrogen-bond acceptors (Lipinski definition) is 5. The number of benzene rings is 2. The van der Waals surface area contributed by atoms with Crippen LogP contribution in [0.15, 0.2) is 48.5 Å². The second-order valence-electron chi connectivity index (χ2n) is 5.50. The molecular formula is C18H21NO5. The summed E-state index contributed by atoms with van der Waals surface area (Å²) in [5.74, 6) is -0.00270. The van der Waals surface area contributed by atoms with E-state index in [4.69, 9.17) is 4.74 Å². The Balaban J connectivity index is 1.82. The Labute approximate surface area is 140 Å². The van der Waals surface area contributed by atoms with E-state index in [0.29, 0.717) is 5.56 Å². The average Bonchev–Trinajstić information content (AvgIpc) is 2.60. The van der Waals surface area contributed by atoms with Crippen LogP contribution >= 0.6 is 0 Å². The van der Waals surface area contributed by atoms with E-state index >= 15 is 0 Å². The molecule has 0 aliphatic carbocycles. The summed E-state index contributed by atoms with van der Waals surface area (Å²) in [6.45, 7) is 1.70. The number of carbonyl (C=O) groups excluding carboxylic acids is 1. The SMILES string of the molecule is Cc1ccc(O)cc1C(O)C(O)CNC(=O)OCc1ccccc1.